The number of benzene rings is 3. The van der Waals surface area contributed by atoms with Gasteiger partial charge in [-0.3, -0.25) is 4.79 Å². The Morgan fingerprint density at radius 3 is 2.00 bits per heavy atom. The number of esters is 1. The third kappa shape index (κ3) is 7.93. The van der Waals surface area contributed by atoms with Crippen LogP contribution in [-0.4, -0.2) is 59.0 Å². The molecule has 6 nitrogen and oxygen atoms in total. The van der Waals surface area contributed by atoms with Crippen LogP contribution in [0.1, 0.15) is 87.2 Å². The van der Waals surface area contributed by atoms with Crippen LogP contribution < -0.4 is 0 Å². The molecule has 0 bridgehead atoms. The average Bonchev–Trinajstić information content (AvgIpc) is 3.07. The quantitative estimate of drug-likeness (QED) is 0.146. The summed E-state index contributed by atoms with van der Waals surface area (Å²) >= 11 is 0. The van der Waals surface area contributed by atoms with Crippen molar-refractivity contribution in [3.8, 4) is 0 Å². The standard InChI is InChI=1S/C37H49NO5/c1-3-4-11-27-43-35(41)36(2,28-39)30-20-18-29(19-21-30)34(40)17-12-24-38-25-22-33(23-26-38)37(42,31-13-7-5-8-14-31)32-15-9-6-10-16-32/h5-10,13-16,18-21,33-34,39-40,42H,3-4,11-12,17,22-28H2,1-2H3. The lowest BCUT2D eigenvalue weighted by atomic mass is 9.72. The number of aliphatic hydroxyl groups excluding tert-OH is 2. The number of aliphatic hydroxyl groups is 3. The maximum Gasteiger partial charge on any atom is 0.318 e. The minimum absolute atomic E-state index is 0.121. The zero-order chi connectivity index (χ0) is 30.7. The molecule has 43 heavy (non-hydrogen) atoms. The fourth-order valence-corrected chi connectivity index (χ4v) is 6.29. The fourth-order valence-electron chi connectivity index (χ4n) is 6.29. The molecule has 1 fully saturated rings. The van der Waals surface area contributed by atoms with Crippen LogP contribution in [0.5, 0.6) is 0 Å². The second kappa shape index (κ2) is 15.6. The minimum atomic E-state index is -1.13. The van der Waals surface area contributed by atoms with Crippen LogP contribution in [0.15, 0.2) is 84.9 Å². The normalized spacial score (nSPS) is 16.9. The van der Waals surface area contributed by atoms with Crippen LogP contribution in [0.2, 0.25) is 0 Å². The molecule has 1 heterocycles. The molecular formula is C37H49NO5. The highest BCUT2D eigenvalue weighted by Gasteiger charge is 2.41. The Bertz CT molecular complexity index is 1200. The van der Waals surface area contributed by atoms with Crippen LogP contribution in [0.3, 0.4) is 0 Å². The molecule has 2 atom stereocenters. The summed E-state index contributed by atoms with van der Waals surface area (Å²) < 4.78 is 5.45. The van der Waals surface area contributed by atoms with E-state index < -0.39 is 23.1 Å². The van der Waals surface area contributed by atoms with E-state index in [1.165, 1.54) is 0 Å². The van der Waals surface area contributed by atoms with Crippen molar-refractivity contribution in [2.45, 2.75) is 75.9 Å². The van der Waals surface area contributed by atoms with E-state index in [0.29, 0.717) is 18.6 Å². The predicted octanol–water partition coefficient (Wildman–Crippen LogP) is 6.13. The molecule has 6 heteroatoms. The van der Waals surface area contributed by atoms with Gasteiger partial charge in [0.25, 0.3) is 0 Å². The maximum absolute atomic E-state index is 12.7. The van der Waals surface area contributed by atoms with Gasteiger partial charge in [0.2, 0.25) is 0 Å². The molecule has 0 aliphatic carbocycles. The van der Waals surface area contributed by atoms with Gasteiger partial charge in [0.05, 0.1) is 19.3 Å². The van der Waals surface area contributed by atoms with Crippen molar-refractivity contribution >= 4 is 5.97 Å². The van der Waals surface area contributed by atoms with Gasteiger partial charge in [-0.1, -0.05) is 105 Å². The molecule has 0 amide bonds. The van der Waals surface area contributed by atoms with Crippen molar-refractivity contribution < 1.29 is 24.9 Å². The number of unbranched alkanes of at least 4 members (excludes halogenated alkanes) is 2. The number of ether oxygens (including phenoxy) is 1. The number of hydrogen-bond acceptors (Lipinski definition) is 6. The first kappa shape index (κ1) is 32.9. The second-order valence-electron chi connectivity index (χ2n) is 12.2. The summed E-state index contributed by atoms with van der Waals surface area (Å²) in [4.78, 5) is 15.2. The zero-order valence-corrected chi connectivity index (χ0v) is 25.8. The smallest absolute Gasteiger partial charge is 0.318 e. The van der Waals surface area contributed by atoms with Gasteiger partial charge in [-0.15, -0.1) is 0 Å². The van der Waals surface area contributed by atoms with E-state index >= 15 is 0 Å². The van der Waals surface area contributed by atoms with Gasteiger partial charge < -0.3 is 25.0 Å². The summed E-state index contributed by atoms with van der Waals surface area (Å²) in [5.74, 6) is -0.301. The first-order valence-electron chi connectivity index (χ1n) is 15.9. The van der Waals surface area contributed by atoms with Crippen LogP contribution in [-0.2, 0) is 20.5 Å². The van der Waals surface area contributed by atoms with Crippen LogP contribution in [0, 0.1) is 5.92 Å². The molecule has 0 radical (unpaired) electrons. The molecule has 2 unspecified atom stereocenters. The fraction of sp³-hybridized carbons (Fsp3) is 0.486. The highest BCUT2D eigenvalue weighted by atomic mass is 16.5. The van der Waals surface area contributed by atoms with E-state index in [9.17, 15) is 20.1 Å². The number of hydrogen-bond donors (Lipinski definition) is 3. The highest BCUT2D eigenvalue weighted by molar-refractivity contribution is 5.83. The lowest BCUT2D eigenvalue weighted by Crippen LogP contribution is -2.44. The Kier molecular flexibility index (Phi) is 11.9. The van der Waals surface area contributed by atoms with Crippen molar-refractivity contribution in [3.63, 3.8) is 0 Å². The molecule has 3 aromatic rings. The van der Waals surface area contributed by atoms with E-state index in [1.54, 1.807) is 6.92 Å². The molecule has 0 aromatic heterocycles. The van der Waals surface area contributed by atoms with Gasteiger partial charge in [-0.25, -0.2) is 0 Å². The third-order valence-corrected chi connectivity index (χ3v) is 9.24. The maximum atomic E-state index is 12.7. The molecule has 232 valence electrons. The van der Waals surface area contributed by atoms with Crippen molar-refractivity contribution in [1.29, 1.82) is 0 Å². The first-order valence-corrected chi connectivity index (χ1v) is 15.9. The van der Waals surface area contributed by atoms with Crippen molar-refractivity contribution in [1.82, 2.24) is 4.90 Å². The lowest BCUT2D eigenvalue weighted by molar-refractivity contribution is -0.151. The zero-order valence-electron chi connectivity index (χ0n) is 25.8. The average molecular weight is 588 g/mol. The summed E-state index contributed by atoms with van der Waals surface area (Å²) in [6, 6.07) is 27.4. The Morgan fingerprint density at radius 2 is 1.47 bits per heavy atom. The summed E-state index contributed by atoms with van der Waals surface area (Å²) in [6.45, 7) is 6.52. The third-order valence-electron chi connectivity index (χ3n) is 9.24. The number of carbonyl (C=O) groups excluding carboxylic acids is 1. The summed E-state index contributed by atoms with van der Waals surface area (Å²) in [6.07, 6.45) is 5.54. The van der Waals surface area contributed by atoms with Crippen molar-refractivity contribution in [2.75, 3.05) is 32.8 Å². The van der Waals surface area contributed by atoms with Gasteiger partial charge in [0.15, 0.2) is 0 Å². The molecular weight excluding hydrogens is 538 g/mol. The molecule has 0 saturated carbocycles. The molecule has 1 saturated heterocycles. The number of nitrogens with zero attached hydrogens (tertiary/aromatic N) is 1. The largest absolute Gasteiger partial charge is 0.465 e. The number of piperidine rings is 1. The summed E-state index contributed by atoms with van der Waals surface area (Å²) in [5, 5.41) is 33.0. The molecule has 4 rings (SSSR count). The number of likely N-dealkylation sites (tertiary alicyclic amines) is 1. The van der Waals surface area contributed by atoms with Gasteiger partial charge >= 0.3 is 5.97 Å². The van der Waals surface area contributed by atoms with Gasteiger partial charge in [0, 0.05) is 0 Å². The monoisotopic (exact) mass is 587 g/mol. The minimum Gasteiger partial charge on any atom is -0.465 e. The van der Waals surface area contributed by atoms with Crippen LogP contribution in [0.25, 0.3) is 0 Å². The summed E-state index contributed by atoms with van der Waals surface area (Å²) in [5.41, 5.74) is 1.22. The number of carbonyl (C=O) groups is 1. The van der Waals surface area contributed by atoms with E-state index in [0.717, 1.165) is 74.8 Å². The lowest BCUT2D eigenvalue weighted by Gasteiger charge is -2.42. The van der Waals surface area contributed by atoms with E-state index in [2.05, 4.69) is 11.8 Å². The van der Waals surface area contributed by atoms with Crippen LogP contribution in [0.4, 0.5) is 0 Å². The second-order valence-corrected chi connectivity index (χ2v) is 12.2. The van der Waals surface area contributed by atoms with E-state index in [-0.39, 0.29) is 12.5 Å². The molecule has 0 spiro atoms. The molecule has 1 aliphatic rings. The summed E-state index contributed by atoms with van der Waals surface area (Å²) in [7, 11) is 0. The van der Waals surface area contributed by atoms with Gasteiger partial charge in [-0.05, 0) is 86.8 Å². The van der Waals surface area contributed by atoms with Crippen molar-refractivity contribution in [3.05, 3.63) is 107 Å². The van der Waals surface area contributed by atoms with Gasteiger partial charge in [-0.2, -0.15) is 0 Å². The molecule has 1 aliphatic heterocycles. The molecule has 3 N–H and O–H groups in total. The molecule has 3 aromatic carbocycles. The predicted molar refractivity (Wildman–Crippen MR) is 171 cm³/mol. The van der Waals surface area contributed by atoms with Gasteiger partial charge in [0.1, 0.15) is 11.0 Å². The highest BCUT2D eigenvalue weighted by Crippen LogP contribution is 2.42. The Labute approximate surface area is 257 Å². The Morgan fingerprint density at radius 1 is 0.884 bits per heavy atom. The first-order chi connectivity index (χ1) is 20.8. The van der Waals surface area contributed by atoms with Crippen LogP contribution >= 0.6 is 0 Å². The topological polar surface area (TPSA) is 90.2 Å². The Balaban J connectivity index is 1.28. The van der Waals surface area contributed by atoms with E-state index in [4.69, 9.17) is 4.74 Å². The Hall–Kier alpha value is -3.03. The SMILES string of the molecule is CCCCCOC(=O)C(C)(CO)c1ccc(C(O)CCCN2CCC(C(O)(c3ccccc3)c3ccccc3)CC2)cc1. The van der Waals surface area contributed by atoms with E-state index in [1.807, 2.05) is 84.9 Å². The van der Waals surface area contributed by atoms with Crippen molar-refractivity contribution in [2.24, 2.45) is 5.92 Å². The number of rotatable bonds is 15.